The number of hydrogen-bond donors (Lipinski definition) is 0. The Kier molecular flexibility index (Phi) is 5.05. The largest absolute Gasteiger partial charge is 0.462 e. The van der Waals surface area contributed by atoms with E-state index in [0.29, 0.717) is 11.7 Å². The van der Waals surface area contributed by atoms with E-state index < -0.39 is 11.5 Å². The van der Waals surface area contributed by atoms with Gasteiger partial charge >= 0.3 is 5.97 Å². The van der Waals surface area contributed by atoms with Gasteiger partial charge < -0.3 is 9.64 Å². The number of fused-ring (bicyclic) bond motifs is 2. The normalized spacial score (nSPS) is 23.1. The van der Waals surface area contributed by atoms with Gasteiger partial charge in [-0.15, -0.1) is 0 Å². The highest BCUT2D eigenvalue weighted by atomic mass is 79.9. The molecule has 7 nitrogen and oxygen atoms in total. The van der Waals surface area contributed by atoms with E-state index in [4.69, 9.17) is 4.74 Å². The molecule has 2 saturated heterocycles. The van der Waals surface area contributed by atoms with E-state index in [2.05, 4.69) is 37.8 Å². The fourth-order valence-corrected chi connectivity index (χ4v) is 4.84. The summed E-state index contributed by atoms with van der Waals surface area (Å²) in [5.74, 6) is 0.0850. The molecule has 0 saturated carbocycles. The third-order valence-electron chi connectivity index (χ3n) is 5.56. The molecule has 0 aliphatic carbocycles. The predicted octanol–water partition coefficient (Wildman–Crippen LogP) is 1.77. The molecule has 27 heavy (non-hydrogen) atoms. The summed E-state index contributed by atoms with van der Waals surface area (Å²) in [7, 11) is 2.17. The van der Waals surface area contributed by atoms with Crippen LogP contribution in [-0.2, 0) is 11.3 Å². The van der Waals surface area contributed by atoms with Crippen LogP contribution in [0.1, 0.15) is 29.3 Å². The van der Waals surface area contributed by atoms with Gasteiger partial charge in [-0.1, -0.05) is 0 Å². The molecule has 4 heterocycles. The average Bonchev–Trinajstić information content (AvgIpc) is 3.16. The summed E-state index contributed by atoms with van der Waals surface area (Å²) in [6, 6.07) is 2.57. The molecule has 2 fully saturated rings. The number of rotatable bonds is 4. The van der Waals surface area contributed by atoms with Gasteiger partial charge in [-0.3, -0.25) is 14.1 Å². The van der Waals surface area contributed by atoms with Gasteiger partial charge in [-0.05, 0) is 54.9 Å². The lowest BCUT2D eigenvalue weighted by Gasteiger charge is -2.24. The molecule has 0 bridgehead atoms. The highest BCUT2D eigenvalue weighted by Crippen LogP contribution is 2.32. The molecular weight excluding hydrogens is 412 g/mol. The van der Waals surface area contributed by atoms with Crippen molar-refractivity contribution in [2.45, 2.75) is 25.9 Å². The second-order valence-corrected chi connectivity index (χ2v) is 8.30. The molecule has 8 heteroatoms. The molecule has 2 aliphatic rings. The maximum atomic E-state index is 12.8. The summed E-state index contributed by atoms with van der Waals surface area (Å²) >= 11 is 3.49. The van der Waals surface area contributed by atoms with E-state index in [0.717, 1.165) is 42.1 Å². The van der Waals surface area contributed by atoms with Crippen LogP contribution in [0.25, 0.3) is 5.65 Å². The number of aromatic nitrogens is 2. The lowest BCUT2D eigenvalue weighted by molar-refractivity contribution is 0.0523. The first-order valence-corrected chi connectivity index (χ1v) is 10.1. The number of halogens is 1. The van der Waals surface area contributed by atoms with E-state index in [1.165, 1.54) is 17.0 Å². The lowest BCUT2D eigenvalue weighted by Crippen LogP contribution is -2.34. The molecule has 0 radical (unpaired) electrons. The number of likely N-dealkylation sites (tertiary alicyclic amines) is 2. The predicted molar refractivity (Wildman–Crippen MR) is 105 cm³/mol. The van der Waals surface area contributed by atoms with E-state index in [1.54, 1.807) is 13.1 Å². The first kappa shape index (κ1) is 18.6. The Hall–Kier alpha value is -1.77. The van der Waals surface area contributed by atoms with Crippen molar-refractivity contribution in [1.29, 1.82) is 0 Å². The number of carbonyl (C=O) groups excluding carboxylic acids is 1. The number of pyridine rings is 1. The minimum absolute atomic E-state index is 0.0444. The van der Waals surface area contributed by atoms with Crippen LogP contribution >= 0.6 is 15.9 Å². The summed E-state index contributed by atoms with van der Waals surface area (Å²) in [6.07, 6.45) is 4.21. The molecule has 0 amide bonds. The Morgan fingerprint density at radius 3 is 3.00 bits per heavy atom. The number of likely N-dealkylation sites (N-methyl/N-ethyl adjacent to an activating group) is 1. The van der Waals surface area contributed by atoms with Gasteiger partial charge in [0.25, 0.3) is 5.56 Å². The van der Waals surface area contributed by atoms with Gasteiger partial charge in [-0.25, -0.2) is 9.78 Å². The molecule has 0 N–H and O–H groups in total. The van der Waals surface area contributed by atoms with E-state index in [-0.39, 0.29) is 12.2 Å². The van der Waals surface area contributed by atoms with Crippen molar-refractivity contribution in [2.75, 3.05) is 33.3 Å². The summed E-state index contributed by atoms with van der Waals surface area (Å²) in [5.41, 5.74) is 1.12. The molecule has 0 aromatic carbocycles. The van der Waals surface area contributed by atoms with Crippen molar-refractivity contribution in [3.63, 3.8) is 0 Å². The topological polar surface area (TPSA) is 67.2 Å². The standard InChI is InChI=1S/C19H23BrN4O3/c1-3-27-19(26)15-7-21-17-13(6-14(20)10-24(17)18(15)25)9-23-5-4-12-8-22(2)11-16(12)23/h6-7,10,12,16H,3-5,8-9,11H2,1-2H3. The van der Waals surface area contributed by atoms with Crippen LogP contribution < -0.4 is 5.56 Å². The van der Waals surface area contributed by atoms with E-state index >= 15 is 0 Å². The van der Waals surface area contributed by atoms with Crippen LogP contribution in [-0.4, -0.2) is 64.5 Å². The molecule has 2 aliphatic heterocycles. The van der Waals surface area contributed by atoms with Crippen molar-refractivity contribution < 1.29 is 9.53 Å². The fourth-order valence-electron chi connectivity index (χ4n) is 4.36. The smallest absolute Gasteiger partial charge is 0.345 e. The Morgan fingerprint density at radius 1 is 1.41 bits per heavy atom. The third kappa shape index (κ3) is 3.41. The summed E-state index contributed by atoms with van der Waals surface area (Å²) < 4.78 is 7.20. The average molecular weight is 435 g/mol. The zero-order valence-electron chi connectivity index (χ0n) is 15.5. The maximum absolute atomic E-state index is 12.8. The van der Waals surface area contributed by atoms with Crippen LogP contribution in [0, 0.1) is 5.92 Å². The number of carbonyl (C=O) groups is 1. The number of nitrogens with zero attached hydrogens (tertiary/aromatic N) is 4. The van der Waals surface area contributed by atoms with Crippen molar-refractivity contribution in [3.05, 3.63) is 44.4 Å². The van der Waals surface area contributed by atoms with E-state index in [1.807, 2.05) is 6.07 Å². The van der Waals surface area contributed by atoms with Crippen LogP contribution in [0.4, 0.5) is 0 Å². The second kappa shape index (κ2) is 7.33. The quantitative estimate of drug-likeness (QED) is 0.683. The van der Waals surface area contributed by atoms with Crippen molar-refractivity contribution in [1.82, 2.24) is 19.2 Å². The van der Waals surface area contributed by atoms with Crippen molar-refractivity contribution in [3.8, 4) is 0 Å². The van der Waals surface area contributed by atoms with E-state index in [9.17, 15) is 9.59 Å². The Balaban J connectivity index is 1.70. The van der Waals surface area contributed by atoms with Gasteiger partial charge in [0.2, 0.25) is 0 Å². The highest BCUT2D eigenvalue weighted by molar-refractivity contribution is 9.10. The third-order valence-corrected chi connectivity index (χ3v) is 5.99. The molecule has 2 aromatic heterocycles. The Morgan fingerprint density at radius 2 is 2.22 bits per heavy atom. The molecule has 2 atom stereocenters. The molecule has 2 aromatic rings. The van der Waals surface area contributed by atoms with Gasteiger partial charge in [0, 0.05) is 48.1 Å². The zero-order chi connectivity index (χ0) is 19.1. The Bertz CT molecular complexity index is 944. The highest BCUT2D eigenvalue weighted by Gasteiger charge is 2.39. The SMILES string of the molecule is CCOC(=O)c1cnc2c(CN3CCC4CN(C)CC43)cc(Br)cn2c1=O. The molecule has 0 spiro atoms. The van der Waals surface area contributed by atoms with Crippen molar-refractivity contribution in [2.24, 2.45) is 5.92 Å². The Labute approximate surface area is 166 Å². The van der Waals surface area contributed by atoms with Gasteiger partial charge in [-0.2, -0.15) is 0 Å². The van der Waals surface area contributed by atoms with Crippen LogP contribution in [0.15, 0.2) is 27.7 Å². The zero-order valence-corrected chi connectivity index (χ0v) is 17.1. The molecule has 2 unspecified atom stereocenters. The van der Waals surface area contributed by atoms with Gasteiger partial charge in [0.05, 0.1) is 6.61 Å². The molecule has 144 valence electrons. The second-order valence-electron chi connectivity index (χ2n) is 7.38. The first-order chi connectivity index (χ1) is 13.0. The first-order valence-electron chi connectivity index (χ1n) is 9.27. The maximum Gasteiger partial charge on any atom is 0.345 e. The number of hydrogen-bond acceptors (Lipinski definition) is 6. The fraction of sp³-hybridized carbons (Fsp3) is 0.526. The van der Waals surface area contributed by atoms with Crippen LogP contribution in [0.3, 0.4) is 0 Å². The van der Waals surface area contributed by atoms with Crippen molar-refractivity contribution >= 4 is 27.5 Å². The molecular formula is C19H23BrN4O3. The van der Waals surface area contributed by atoms with Crippen LogP contribution in [0.2, 0.25) is 0 Å². The summed E-state index contributed by atoms with van der Waals surface area (Å²) in [5, 5.41) is 0. The minimum Gasteiger partial charge on any atom is -0.462 e. The summed E-state index contributed by atoms with van der Waals surface area (Å²) in [6.45, 7) is 5.97. The molecule has 4 rings (SSSR count). The number of esters is 1. The van der Waals surface area contributed by atoms with Gasteiger partial charge in [0.1, 0.15) is 11.2 Å². The number of ether oxygens (including phenoxy) is 1. The summed E-state index contributed by atoms with van der Waals surface area (Å²) in [4.78, 5) is 34.1. The minimum atomic E-state index is -0.637. The van der Waals surface area contributed by atoms with Gasteiger partial charge in [0.15, 0.2) is 0 Å². The lowest BCUT2D eigenvalue weighted by atomic mass is 10.1. The monoisotopic (exact) mass is 434 g/mol. The van der Waals surface area contributed by atoms with Crippen LogP contribution in [0.5, 0.6) is 0 Å².